The molecule has 1 amide bonds. The molecule has 5 nitrogen and oxygen atoms in total. The van der Waals surface area contributed by atoms with Crippen molar-refractivity contribution in [2.45, 2.75) is 38.1 Å². The maximum atomic E-state index is 12.1. The molecule has 2 aliphatic rings. The van der Waals surface area contributed by atoms with Crippen molar-refractivity contribution in [1.82, 2.24) is 10.3 Å². The number of nitrogens with one attached hydrogen (secondary N) is 1. The first-order chi connectivity index (χ1) is 12.2. The molecule has 1 aliphatic carbocycles. The Morgan fingerprint density at radius 1 is 1.20 bits per heavy atom. The average Bonchev–Trinajstić information content (AvgIpc) is 2.60. The first-order valence-corrected chi connectivity index (χ1v) is 9.22. The highest BCUT2D eigenvalue weighted by Gasteiger charge is 2.28. The molecule has 5 heteroatoms. The Balaban J connectivity index is 1.45. The van der Waals surface area contributed by atoms with Crippen molar-refractivity contribution in [1.29, 1.82) is 0 Å². The van der Waals surface area contributed by atoms with E-state index < -0.39 is 0 Å². The molecule has 2 heterocycles. The predicted octanol–water partition coefficient (Wildman–Crippen LogP) is 3.13. The first kappa shape index (κ1) is 16.2. The number of ether oxygens (including phenoxy) is 1. The Morgan fingerprint density at radius 3 is 2.68 bits per heavy atom. The van der Waals surface area contributed by atoms with E-state index in [2.05, 4.69) is 27.3 Å². The Bertz CT molecular complexity index is 765. The lowest BCUT2D eigenvalue weighted by Gasteiger charge is -2.35. The van der Waals surface area contributed by atoms with Gasteiger partial charge in [0.25, 0.3) is 0 Å². The summed E-state index contributed by atoms with van der Waals surface area (Å²) in [6, 6.07) is 8.40. The number of fused-ring (bicyclic) bond motifs is 1. The quantitative estimate of drug-likeness (QED) is 0.930. The number of methoxy groups -OCH3 is 1. The van der Waals surface area contributed by atoms with Gasteiger partial charge in [0.1, 0.15) is 5.75 Å². The van der Waals surface area contributed by atoms with Crippen LogP contribution in [0.25, 0.3) is 10.9 Å². The molecule has 2 fully saturated rings. The fourth-order valence-electron chi connectivity index (χ4n) is 3.77. The van der Waals surface area contributed by atoms with Gasteiger partial charge in [0.15, 0.2) is 0 Å². The van der Waals surface area contributed by atoms with Gasteiger partial charge in [-0.3, -0.25) is 9.78 Å². The molecule has 4 rings (SSSR count). The summed E-state index contributed by atoms with van der Waals surface area (Å²) >= 11 is 0. The highest BCUT2D eigenvalue weighted by atomic mass is 16.5. The van der Waals surface area contributed by atoms with Gasteiger partial charge < -0.3 is 15.0 Å². The Hall–Kier alpha value is -2.30. The second-order valence-electron chi connectivity index (χ2n) is 7.11. The lowest BCUT2D eigenvalue weighted by Crippen LogP contribution is -2.47. The molecular formula is C20H25N3O2. The molecular weight excluding hydrogens is 314 g/mol. The molecule has 1 saturated carbocycles. The molecule has 25 heavy (non-hydrogen) atoms. The van der Waals surface area contributed by atoms with Gasteiger partial charge in [-0.2, -0.15) is 0 Å². The summed E-state index contributed by atoms with van der Waals surface area (Å²) < 4.78 is 5.37. The summed E-state index contributed by atoms with van der Waals surface area (Å²) in [5.74, 6) is 1.39. The third kappa shape index (κ3) is 3.28. The normalized spacial score (nSPS) is 18.8. The third-order valence-corrected chi connectivity index (χ3v) is 5.58. The molecule has 132 valence electrons. The van der Waals surface area contributed by atoms with Crippen LogP contribution in [-0.4, -0.2) is 37.1 Å². The lowest BCUT2D eigenvalue weighted by molar-refractivity contribution is -0.128. The lowest BCUT2D eigenvalue weighted by atomic mass is 9.84. The van der Waals surface area contributed by atoms with E-state index in [0.29, 0.717) is 6.04 Å². The summed E-state index contributed by atoms with van der Waals surface area (Å²) in [4.78, 5) is 19.0. The van der Waals surface area contributed by atoms with Crippen molar-refractivity contribution < 1.29 is 9.53 Å². The molecule has 1 saturated heterocycles. The van der Waals surface area contributed by atoms with Crippen molar-refractivity contribution in [3.63, 3.8) is 0 Å². The van der Waals surface area contributed by atoms with Crippen LogP contribution < -0.4 is 15.0 Å². The SMILES string of the molecule is COc1ccc2nccc(N3CCC(NC(=O)C4CCC4)CC3)c2c1. The van der Waals surface area contributed by atoms with Gasteiger partial charge in [-0.1, -0.05) is 6.42 Å². The van der Waals surface area contributed by atoms with E-state index in [9.17, 15) is 4.79 Å². The number of amides is 1. The zero-order valence-electron chi connectivity index (χ0n) is 14.7. The summed E-state index contributed by atoms with van der Waals surface area (Å²) in [6.45, 7) is 1.90. The minimum atomic E-state index is 0.267. The first-order valence-electron chi connectivity index (χ1n) is 9.22. The number of anilines is 1. The number of pyridine rings is 1. The van der Waals surface area contributed by atoms with Gasteiger partial charge in [-0.05, 0) is 49.9 Å². The summed E-state index contributed by atoms with van der Waals surface area (Å²) in [7, 11) is 1.69. The summed E-state index contributed by atoms with van der Waals surface area (Å²) in [6.07, 6.45) is 7.19. The van der Waals surface area contributed by atoms with Gasteiger partial charge in [-0.15, -0.1) is 0 Å². The maximum absolute atomic E-state index is 12.1. The van der Waals surface area contributed by atoms with E-state index in [1.807, 2.05) is 18.3 Å². The van der Waals surface area contributed by atoms with Gasteiger partial charge in [0.2, 0.25) is 5.91 Å². The van der Waals surface area contributed by atoms with Crippen LogP contribution in [0.5, 0.6) is 5.75 Å². The molecule has 1 N–H and O–H groups in total. The van der Waals surface area contributed by atoms with Crippen molar-refractivity contribution in [2.75, 3.05) is 25.1 Å². The molecule has 2 aromatic rings. The predicted molar refractivity (Wildman–Crippen MR) is 99.0 cm³/mol. The van der Waals surface area contributed by atoms with Crippen molar-refractivity contribution in [3.8, 4) is 5.75 Å². The van der Waals surface area contributed by atoms with Crippen LogP contribution in [0.2, 0.25) is 0 Å². The monoisotopic (exact) mass is 339 g/mol. The number of hydrogen-bond acceptors (Lipinski definition) is 4. The summed E-state index contributed by atoms with van der Waals surface area (Å²) in [5.41, 5.74) is 2.19. The Morgan fingerprint density at radius 2 is 2.00 bits per heavy atom. The highest BCUT2D eigenvalue weighted by Crippen LogP contribution is 2.31. The number of hydrogen-bond donors (Lipinski definition) is 1. The molecule has 1 aromatic heterocycles. The van der Waals surface area contributed by atoms with Crippen LogP contribution in [0, 0.1) is 5.92 Å². The van der Waals surface area contributed by atoms with Crippen LogP contribution >= 0.6 is 0 Å². The fraction of sp³-hybridized carbons (Fsp3) is 0.500. The minimum Gasteiger partial charge on any atom is -0.497 e. The van der Waals surface area contributed by atoms with E-state index in [1.54, 1.807) is 7.11 Å². The number of benzene rings is 1. The maximum Gasteiger partial charge on any atom is 0.223 e. The molecule has 0 atom stereocenters. The van der Waals surface area contributed by atoms with E-state index in [4.69, 9.17) is 4.74 Å². The molecule has 0 radical (unpaired) electrons. The zero-order valence-corrected chi connectivity index (χ0v) is 14.7. The van der Waals surface area contributed by atoms with Gasteiger partial charge in [0.05, 0.1) is 12.6 Å². The van der Waals surface area contributed by atoms with Crippen molar-refractivity contribution >= 4 is 22.5 Å². The third-order valence-electron chi connectivity index (χ3n) is 5.58. The Kier molecular flexibility index (Phi) is 4.47. The molecule has 0 bridgehead atoms. The smallest absolute Gasteiger partial charge is 0.223 e. The molecule has 1 aliphatic heterocycles. The fourth-order valence-corrected chi connectivity index (χ4v) is 3.77. The minimum absolute atomic E-state index is 0.267. The van der Waals surface area contributed by atoms with E-state index in [-0.39, 0.29) is 11.8 Å². The number of carbonyl (C=O) groups excluding carboxylic acids is 1. The van der Waals surface area contributed by atoms with Crippen LogP contribution in [0.1, 0.15) is 32.1 Å². The van der Waals surface area contributed by atoms with Gasteiger partial charge >= 0.3 is 0 Å². The number of nitrogens with zero attached hydrogens (tertiary/aromatic N) is 2. The number of aromatic nitrogens is 1. The molecule has 0 spiro atoms. The van der Waals surface area contributed by atoms with E-state index >= 15 is 0 Å². The standard InChI is InChI=1S/C20H25N3O2/c1-25-16-5-6-18-17(13-16)19(7-10-21-18)23-11-8-15(9-12-23)22-20(24)14-3-2-4-14/h5-7,10,13-15H,2-4,8-9,11-12H2,1H3,(H,22,24). The topological polar surface area (TPSA) is 54.5 Å². The van der Waals surface area contributed by atoms with Crippen molar-refractivity contribution in [3.05, 3.63) is 30.5 Å². The van der Waals surface area contributed by atoms with Gasteiger partial charge in [0, 0.05) is 42.3 Å². The summed E-state index contributed by atoms with van der Waals surface area (Å²) in [5, 5.41) is 4.37. The van der Waals surface area contributed by atoms with E-state index in [0.717, 1.165) is 55.4 Å². The van der Waals surface area contributed by atoms with Crippen LogP contribution in [0.15, 0.2) is 30.5 Å². The van der Waals surface area contributed by atoms with Crippen LogP contribution in [0.3, 0.4) is 0 Å². The van der Waals surface area contributed by atoms with Crippen molar-refractivity contribution in [2.24, 2.45) is 5.92 Å². The molecule has 1 aromatic carbocycles. The zero-order chi connectivity index (χ0) is 17.2. The Labute approximate surface area is 148 Å². The van der Waals surface area contributed by atoms with Crippen LogP contribution in [-0.2, 0) is 4.79 Å². The molecule has 0 unspecified atom stereocenters. The van der Waals surface area contributed by atoms with Gasteiger partial charge in [-0.25, -0.2) is 0 Å². The average molecular weight is 339 g/mol. The number of piperidine rings is 1. The van der Waals surface area contributed by atoms with Crippen LogP contribution in [0.4, 0.5) is 5.69 Å². The number of carbonyl (C=O) groups is 1. The largest absolute Gasteiger partial charge is 0.497 e. The highest BCUT2D eigenvalue weighted by molar-refractivity contribution is 5.92. The second-order valence-corrected chi connectivity index (χ2v) is 7.11. The van der Waals surface area contributed by atoms with E-state index in [1.165, 1.54) is 12.1 Å². The second kappa shape index (κ2) is 6.90. The number of rotatable bonds is 4.